The van der Waals surface area contributed by atoms with Crippen molar-refractivity contribution in [3.63, 3.8) is 0 Å². The van der Waals surface area contributed by atoms with Crippen LogP contribution in [0.2, 0.25) is 0 Å². The molecule has 0 atom stereocenters. The summed E-state index contributed by atoms with van der Waals surface area (Å²) in [6.45, 7) is 9.73. The molecule has 13 rings (SSSR count). The third-order valence-electron chi connectivity index (χ3n) is 14.4. The fourth-order valence-corrected chi connectivity index (χ4v) is 12.2. The molecule has 0 bridgehead atoms. The predicted molar refractivity (Wildman–Crippen MR) is 241 cm³/mol. The van der Waals surface area contributed by atoms with E-state index in [1.165, 1.54) is 78.0 Å². The lowest BCUT2D eigenvalue weighted by molar-refractivity contribution is 0.481. The summed E-state index contributed by atoms with van der Waals surface area (Å²) in [5, 5.41) is 0. The fraction of sp³-hybridized carbons (Fsp3) is 0.130. The molecular weight excluding hydrogens is 717 g/mol. The van der Waals surface area contributed by atoms with Gasteiger partial charge in [-0.2, -0.15) is 0 Å². The Morgan fingerprint density at radius 1 is 0.424 bits per heavy atom. The van der Waals surface area contributed by atoms with Gasteiger partial charge in [-0.3, -0.25) is 4.98 Å². The summed E-state index contributed by atoms with van der Waals surface area (Å²) in [5.41, 5.74) is 20.4. The molecule has 6 heterocycles. The summed E-state index contributed by atoms with van der Waals surface area (Å²) >= 11 is 0. The number of aromatic nitrogens is 1. The molecule has 0 aliphatic carbocycles. The third kappa shape index (κ3) is 3.89. The van der Waals surface area contributed by atoms with E-state index in [1.807, 2.05) is 18.5 Å². The molecule has 7 aromatic carbocycles. The molecule has 1 spiro atoms. The fourth-order valence-electron chi connectivity index (χ4n) is 12.2. The van der Waals surface area contributed by atoms with Crippen LogP contribution in [0.5, 0.6) is 11.5 Å². The molecule has 0 unspecified atom stereocenters. The van der Waals surface area contributed by atoms with E-state index in [-0.39, 0.29) is 17.5 Å². The first-order chi connectivity index (χ1) is 28.8. The van der Waals surface area contributed by atoms with Crippen molar-refractivity contribution in [3.8, 4) is 11.5 Å². The van der Waals surface area contributed by atoms with Gasteiger partial charge in [0, 0.05) is 22.7 Å². The molecule has 59 heavy (non-hydrogen) atoms. The molecule has 0 N–H and O–H groups in total. The van der Waals surface area contributed by atoms with Gasteiger partial charge in [0.1, 0.15) is 11.5 Å². The van der Waals surface area contributed by atoms with Gasteiger partial charge in [0.05, 0.1) is 40.0 Å². The van der Waals surface area contributed by atoms with Crippen LogP contribution in [0.3, 0.4) is 0 Å². The molecule has 0 fully saturated rings. The smallest absolute Gasteiger partial charge is 0.252 e. The van der Waals surface area contributed by atoms with Crippen molar-refractivity contribution in [1.29, 1.82) is 0 Å². The van der Waals surface area contributed by atoms with Crippen LogP contribution in [0.25, 0.3) is 0 Å². The first-order valence-electron chi connectivity index (χ1n) is 20.8. The Bertz CT molecular complexity index is 3030. The normalized spacial score (nSPS) is 16.9. The average molecular weight is 758 g/mol. The minimum absolute atomic E-state index is 0.0873. The minimum atomic E-state index is -0.607. The highest BCUT2D eigenvalue weighted by Gasteiger charge is 2.55. The lowest BCUT2D eigenvalue weighted by atomic mass is 9.26. The molecular formula is C54H40BN3O. The largest absolute Gasteiger partial charge is 0.458 e. The number of para-hydroxylation sites is 4. The Morgan fingerprint density at radius 3 is 1.49 bits per heavy atom. The maximum atomic E-state index is 7.00. The van der Waals surface area contributed by atoms with Crippen molar-refractivity contribution in [1.82, 2.24) is 4.98 Å². The second-order valence-corrected chi connectivity index (χ2v) is 17.8. The average Bonchev–Trinajstić information content (AvgIpc) is 3.27. The predicted octanol–water partition coefficient (Wildman–Crippen LogP) is 10.9. The molecule has 8 aromatic rings. The summed E-state index contributed by atoms with van der Waals surface area (Å²) in [6.07, 6.45) is 3.82. The van der Waals surface area contributed by atoms with Crippen molar-refractivity contribution in [3.05, 3.63) is 215 Å². The number of hydrogen-bond donors (Lipinski definition) is 0. The van der Waals surface area contributed by atoms with E-state index in [9.17, 15) is 0 Å². The van der Waals surface area contributed by atoms with Gasteiger partial charge < -0.3 is 14.5 Å². The molecule has 0 amide bonds. The highest BCUT2D eigenvalue weighted by atomic mass is 16.5. The number of rotatable bonds is 2. The van der Waals surface area contributed by atoms with Gasteiger partial charge in [-0.05, 0) is 110 Å². The molecule has 0 saturated heterocycles. The molecule has 0 saturated carbocycles. The molecule has 0 radical (unpaired) electrons. The van der Waals surface area contributed by atoms with Crippen LogP contribution >= 0.6 is 0 Å². The summed E-state index contributed by atoms with van der Waals surface area (Å²) in [5.74, 6) is 1.95. The Hall–Kier alpha value is -6.85. The van der Waals surface area contributed by atoms with Crippen molar-refractivity contribution < 1.29 is 4.74 Å². The van der Waals surface area contributed by atoms with Gasteiger partial charge in [0.15, 0.2) is 0 Å². The number of anilines is 6. The van der Waals surface area contributed by atoms with Crippen LogP contribution in [0.1, 0.15) is 72.2 Å². The number of nitrogens with zero attached hydrogens (tertiary/aromatic N) is 3. The zero-order chi connectivity index (χ0) is 39.4. The monoisotopic (exact) mass is 757 g/mol. The highest BCUT2D eigenvalue weighted by Crippen LogP contribution is 2.64. The lowest BCUT2D eigenvalue weighted by Crippen LogP contribution is -2.68. The minimum Gasteiger partial charge on any atom is -0.458 e. The molecule has 4 nitrogen and oxygen atoms in total. The van der Waals surface area contributed by atoms with Crippen LogP contribution in [-0.4, -0.2) is 11.7 Å². The SMILES string of the molecule is CC1(C)c2cccc3c2B2c4c1cccc4C(C)(C)c1c(N4c5ccccc5C5(c6ccccc6N(c6cccnc6)c6ccccc65)c5ccccc54)ccc(c12)O3. The van der Waals surface area contributed by atoms with Crippen LogP contribution < -0.4 is 30.9 Å². The van der Waals surface area contributed by atoms with Crippen molar-refractivity contribution in [2.75, 3.05) is 9.80 Å². The van der Waals surface area contributed by atoms with E-state index in [1.54, 1.807) is 0 Å². The number of pyridine rings is 1. The second-order valence-electron chi connectivity index (χ2n) is 17.8. The Labute approximate surface area is 345 Å². The van der Waals surface area contributed by atoms with Gasteiger partial charge >= 0.3 is 0 Å². The zero-order valence-electron chi connectivity index (χ0n) is 33.5. The van der Waals surface area contributed by atoms with E-state index in [0.29, 0.717) is 0 Å². The van der Waals surface area contributed by atoms with Crippen molar-refractivity contribution in [2.45, 2.75) is 43.9 Å². The summed E-state index contributed by atoms with van der Waals surface area (Å²) in [6, 6.07) is 58.8. The molecule has 5 aliphatic heterocycles. The van der Waals surface area contributed by atoms with E-state index >= 15 is 0 Å². The Balaban J connectivity index is 1.12. The van der Waals surface area contributed by atoms with E-state index < -0.39 is 5.41 Å². The van der Waals surface area contributed by atoms with Gasteiger partial charge in [0.25, 0.3) is 6.71 Å². The van der Waals surface area contributed by atoms with E-state index in [0.717, 1.165) is 28.6 Å². The second kappa shape index (κ2) is 11.2. The standard InChI is InChI=1S/C54H40BN3O/c1-52(2)38-21-13-22-39-49(38)55-50-40(52)23-14-28-46(50)59-47-30-29-45(48(51(47)55)53(39,3)4)58-43-26-11-7-19-36(43)54(37-20-8-12-27-44(37)58)34-17-5-9-24-41(34)57(33-16-15-31-56-32-33)42-25-10-6-18-35(42)54/h5-32H,1-4H3. The topological polar surface area (TPSA) is 28.6 Å². The highest BCUT2D eigenvalue weighted by molar-refractivity contribution is 6.99. The molecule has 5 heteroatoms. The number of fused-ring (bicyclic) bond motifs is 8. The first-order valence-corrected chi connectivity index (χ1v) is 20.8. The van der Waals surface area contributed by atoms with Gasteiger partial charge in [-0.15, -0.1) is 0 Å². The third-order valence-corrected chi connectivity index (χ3v) is 14.4. The first kappa shape index (κ1) is 33.2. The van der Waals surface area contributed by atoms with Gasteiger partial charge in [-0.25, -0.2) is 0 Å². The zero-order valence-corrected chi connectivity index (χ0v) is 33.5. The maximum absolute atomic E-state index is 7.00. The van der Waals surface area contributed by atoms with Crippen LogP contribution in [0, 0.1) is 0 Å². The van der Waals surface area contributed by atoms with E-state index in [2.05, 4.69) is 194 Å². The quantitative estimate of drug-likeness (QED) is 0.164. The molecule has 1 aromatic heterocycles. The summed E-state index contributed by atoms with van der Waals surface area (Å²) < 4.78 is 7.00. The molecule has 5 aliphatic rings. The number of benzene rings is 7. The molecule has 280 valence electrons. The van der Waals surface area contributed by atoms with Crippen molar-refractivity contribution >= 4 is 57.2 Å². The van der Waals surface area contributed by atoms with Crippen LogP contribution in [0.15, 0.2) is 170 Å². The Kier molecular flexibility index (Phi) is 6.30. The van der Waals surface area contributed by atoms with Crippen LogP contribution in [-0.2, 0) is 16.2 Å². The number of ether oxygens (including phenoxy) is 1. The summed E-state index contributed by atoms with van der Waals surface area (Å²) in [4.78, 5) is 9.55. The maximum Gasteiger partial charge on any atom is 0.252 e. The number of hydrogen-bond acceptors (Lipinski definition) is 4. The van der Waals surface area contributed by atoms with Gasteiger partial charge in [-0.1, -0.05) is 136 Å². The van der Waals surface area contributed by atoms with Crippen LogP contribution in [0.4, 0.5) is 34.1 Å². The van der Waals surface area contributed by atoms with Gasteiger partial charge in [0.2, 0.25) is 0 Å². The van der Waals surface area contributed by atoms with Crippen molar-refractivity contribution in [2.24, 2.45) is 0 Å². The summed E-state index contributed by atoms with van der Waals surface area (Å²) in [7, 11) is 0. The Morgan fingerprint density at radius 2 is 0.915 bits per heavy atom. The van der Waals surface area contributed by atoms with E-state index in [4.69, 9.17) is 4.74 Å². The lowest BCUT2D eigenvalue weighted by Gasteiger charge is -2.53.